The van der Waals surface area contributed by atoms with Crippen molar-refractivity contribution in [2.24, 2.45) is 0 Å². The molecule has 1 amide bonds. The largest absolute Gasteiger partial charge is 0.339 e. The summed E-state index contributed by atoms with van der Waals surface area (Å²) in [6.07, 6.45) is 2.20. The summed E-state index contributed by atoms with van der Waals surface area (Å²) in [5.74, 6) is 0.350. The van der Waals surface area contributed by atoms with Gasteiger partial charge in [-0.25, -0.2) is 0 Å². The van der Waals surface area contributed by atoms with E-state index in [1.54, 1.807) is 0 Å². The number of likely N-dealkylation sites (tertiary alicyclic amines) is 1. The predicted molar refractivity (Wildman–Crippen MR) is 64.3 cm³/mol. The lowest BCUT2D eigenvalue weighted by atomic mass is 10.0. The minimum Gasteiger partial charge on any atom is -0.339 e. The molecule has 0 aromatic carbocycles. The van der Waals surface area contributed by atoms with Crippen molar-refractivity contribution < 1.29 is 4.79 Å². The lowest BCUT2D eigenvalue weighted by Gasteiger charge is -2.41. The van der Waals surface area contributed by atoms with Crippen molar-refractivity contribution in [3.63, 3.8) is 0 Å². The van der Waals surface area contributed by atoms with Gasteiger partial charge >= 0.3 is 0 Å². The Morgan fingerprint density at radius 2 is 1.94 bits per heavy atom. The van der Waals surface area contributed by atoms with E-state index in [0.29, 0.717) is 11.9 Å². The fourth-order valence-corrected chi connectivity index (χ4v) is 2.73. The van der Waals surface area contributed by atoms with E-state index < -0.39 is 0 Å². The van der Waals surface area contributed by atoms with Crippen molar-refractivity contribution in [2.45, 2.75) is 38.8 Å². The lowest BCUT2D eigenvalue weighted by molar-refractivity contribution is -0.142. The molecule has 1 N–H and O–H groups in total. The number of rotatable bonds is 2. The number of amides is 1. The fourth-order valence-electron chi connectivity index (χ4n) is 2.73. The Balaban J connectivity index is 2.00. The number of nitrogens with one attached hydrogen (secondary N) is 1. The van der Waals surface area contributed by atoms with Gasteiger partial charge in [0.15, 0.2) is 0 Å². The minimum atomic E-state index is 0.151. The molecule has 0 aromatic rings. The maximum absolute atomic E-state index is 12.3. The van der Waals surface area contributed by atoms with Crippen LogP contribution in [-0.4, -0.2) is 60.5 Å². The van der Waals surface area contributed by atoms with Gasteiger partial charge in [0.1, 0.15) is 0 Å². The molecule has 0 saturated carbocycles. The number of carbonyl (C=O) groups is 1. The molecule has 2 aliphatic rings. The van der Waals surface area contributed by atoms with Crippen LogP contribution in [0.25, 0.3) is 0 Å². The second-order valence-electron chi connectivity index (χ2n) is 5.07. The first-order chi connectivity index (χ1) is 7.70. The van der Waals surface area contributed by atoms with E-state index in [1.165, 1.54) is 0 Å². The summed E-state index contributed by atoms with van der Waals surface area (Å²) in [6.45, 7) is 9.23. The summed E-state index contributed by atoms with van der Waals surface area (Å²) in [4.78, 5) is 16.7. The van der Waals surface area contributed by atoms with Gasteiger partial charge in [-0.1, -0.05) is 0 Å². The van der Waals surface area contributed by atoms with E-state index in [-0.39, 0.29) is 6.04 Å². The second-order valence-corrected chi connectivity index (χ2v) is 5.07. The molecule has 0 radical (unpaired) electrons. The van der Waals surface area contributed by atoms with Crippen LogP contribution in [0.4, 0.5) is 0 Å². The molecular formula is C12H23N3O. The van der Waals surface area contributed by atoms with Crippen molar-refractivity contribution >= 4 is 5.91 Å². The first-order valence-corrected chi connectivity index (χ1v) is 6.45. The van der Waals surface area contributed by atoms with E-state index in [9.17, 15) is 4.79 Å². The molecule has 1 atom stereocenters. The van der Waals surface area contributed by atoms with Crippen LogP contribution in [0.5, 0.6) is 0 Å². The van der Waals surface area contributed by atoms with Crippen LogP contribution < -0.4 is 5.32 Å². The minimum absolute atomic E-state index is 0.151. The summed E-state index contributed by atoms with van der Waals surface area (Å²) in [5.41, 5.74) is 0. The fraction of sp³-hybridized carbons (Fsp3) is 0.917. The highest BCUT2D eigenvalue weighted by atomic mass is 16.2. The number of hydrogen-bond acceptors (Lipinski definition) is 3. The molecule has 2 fully saturated rings. The third-order valence-electron chi connectivity index (χ3n) is 3.66. The van der Waals surface area contributed by atoms with Crippen molar-refractivity contribution in [3.05, 3.63) is 0 Å². The summed E-state index contributed by atoms with van der Waals surface area (Å²) in [6, 6.07) is 0.497. The van der Waals surface area contributed by atoms with Crippen LogP contribution in [0.2, 0.25) is 0 Å². The average Bonchev–Trinajstić information content (AvgIpc) is 2.30. The van der Waals surface area contributed by atoms with E-state index in [1.807, 2.05) is 4.90 Å². The first kappa shape index (κ1) is 11.9. The highest BCUT2D eigenvalue weighted by Gasteiger charge is 2.34. The van der Waals surface area contributed by atoms with Crippen molar-refractivity contribution in [1.29, 1.82) is 0 Å². The van der Waals surface area contributed by atoms with Crippen LogP contribution in [-0.2, 0) is 4.79 Å². The van der Waals surface area contributed by atoms with Crippen LogP contribution in [0.3, 0.4) is 0 Å². The van der Waals surface area contributed by atoms with Gasteiger partial charge in [0.05, 0.1) is 6.04 Å². The van der Waals surface area contributed by atoms with Gasteiger partial charge < -0.3 is 10.2 Å². The van der Waals surface area contributed by atoms with Crippen LogP contribution in [0.15, 0.2) is 0 Å². The Kier molecular flexibility index (Phi) is 3.82. The van der Waals surface area contributed by atoms with Gasteiger partial charge in [-0.2, -0.15) is 0 Å². The summed E-state index contributed by atoms with van der Waals surface area (Å²) >= 11 is 0. The Morgan fingerprint density at radius 3 is 2.56 bits per heavy atom. The molecule has 4 nitrogen and oxygen atoms in total. The van der Waals surface area contributed by atoms with Gasteiger partial charge in [0.25, 0.3) is 0 Å². The van der Waals surface area contributed by atoms with Crippen molar-refractivity contribution in [3.8, 4) is 0 Å². The summed E-state index contributed by atoms with van der Waals surface area (Å²) in [5, 5.41) is 3.34. The average molecular weight is 225 g/mol. The molecular weight excluding hydrogens is 202 g/mol. The molecule has 1 unspecified atom stereocenters. The van der Waals surface area contributed by atoms with Gasteiger partial charge in [-0.3, -0.25) is 9.69 Å². The number of hydrogen-bond donors (Lipinski definition) is 1. The van der Waals surface area contributed by atoms with Crippen molar-refractivity contribution in [1.82, 2.24) is 15.1 Å². The smallest absolute Gasteiger partial charge is 0.240 e. The van der Waals surface area contributed by atoms with Crippen LogP contribution in [0.1, 0.15) is 26.7 Å². The number of piperidine rings is 1. The molecule has 0 bridgehead atoms. The molecule has 0 spiro atoms. The molecule has 4 heteroatoms. The SMILES string of the molecule is CC(C)N1CCCC(N2CCNCC2)C1=O. The standard InChI is InChI=1S/C12H23N3O/c1-10(2)15-7-3-4-11(12(15)16)14-8-5-13-6-9-14/h10-11,13H,3-9H2,1-2H3. The van der Waals surface area contributed by atoms with E-state index in [0.717, 1.165) is 45.6 Å². The topological polar surface area (TPSA) is 35.6 Å². The Labute approximate surface area is 98.0 Å². The summed E-state index contributed by atoms with van der Waals surface area (Å²) in [7, 11) is 0. The first-order valence-electron chi connectivity index (χ1n) is 6.45. The van der Waals surface area contributed by atoms with E-state index in [4.69, 9.17) is 0 Å². The number of carbonyl (C=O) groups excluding carboxylic acids is 1. The molecule has 0 aliphatic carbocycles. The Bertz CT molecular complexity index is 249. The Hall–Kier alpha value is -0.610. The molecule has 92 valence electrons. The van der Waals surface area contributed by atoms with E-state index in [2.05, 4.69) is 24.1 Å². The maximum Gasteiger partial charge on any atom is 0.240 e. The predicted octanol–water partition coefficient (Wildman–Crippen LogP) is 0.291. The quantitative estimate of drug-likeness (QED) is 0.734. The number of nitrogens with zero attached hydrogens (tertiary/aromatic N) is 2. The monoisotopic (exact) mass is 225 g/mol. The summed E-state index contributed by atoms with van der Waals surface area (Å²) < 4.78 is 0. The second kappa shape index (κ2) is 5.15. The zero-order valence-electron chi connectivity index (χ0n) is 10.4. The third kappa shape index (κ3) is 2.38. The van der Waals surface area contributed by atoms with Gasteiger partial charge in [-0.15, -0.1) is 0 Å². The number of piperazine rings is 1. The molecule has 2 heterocycles. The molecule has 16 heavy (non-hydrogen) atoms. The third-order valence-corrected chi connectivity index (χ3v) is 3.66. The maximum atomic E-state index is 12.3. The molecule has 2 rings (SSSR count). The highest BCUT2D eigenvalue weighted by molar-refractivity contribution is 5.82. The normalized spacial score (nSPS) is 28.8. The van der Waals surface area contributed by atoms with Gasteiger partial charge in [-0.05, 0) is 26.7 Å². The van der Waals surface area contributed by atoms with Crippen LogP contribution >= 0.6 is 0 Å². The van der Waals surface area contributed by atoms with Gasteiger partial charge in [0.2, 0.25) is 5.91 Å². The Morgan fingerprint density at radius 1 is 1.25 bits per heavy atom. The highest BCUT2D eigenvalue weighted by Crippen LogP contribution is 2.19. The molecule has 2 aliphatic heterocycles. The molecule has 2 saturated heterocycles. The lowest BCUT2D eigenvalue weighted by Crippen LogP contribution is -2.58. The van der Waals surface area contributed by atoms with Crippen molar-refractivity contribution in [2.75, 3.05) is 32.7 Å². The van der Waals surface area contributed by atoms with Crippen LogP contribution in [0, 0.1) is 0 Å². The van der Waals surface area contributed by atoms with Gasteiger partial charge in [0, 0.05) is 38.8 Å². The zero-order chi connectivity index (χ0) is 11.5. The van der Waals surface area contributed by atoms with E-state index >= 15 is 0 Å². The molecule has 0 aromatic heterocycles. The zero-order valence-corrected chi connectivity index (χ0v) is 10.4.